The maximum atomic E-state index is 13.0. The predicted molar refractivity (Wildman–Crippen MR) is 120 cm³/mol. The Morgan fingerprint density at radius 1 is 1.09 bits per heavy atom. The van der Waals surface area contributed by atoms with E-state index in [2.05, 4.69) is 6.58 Å². The molecule has 0 aliphatic carbocycles. The second-order valence-corrected chi connectivity index (χ2v) is 7.36. The highest BCUT2D eigenvalue weighted by Gasteiger charge is 2.45. The Bertz CT molecular complexity index is 994. The first-order valence-electron chi connectivity index (χ1n) is 10.4. The molecule has 7 heteroatoms. The van der Waals surface area contributed by atoms with Crippen molar-refractivity contribution < 1.29 is 29.3 Å². The molecular weight excluding hydrogens is 410 g/mol. The van der Waals surface area contributed by atoms with Crippen molar-refractivity contribution in [1.29, 1.82) is 0 Å². The smallest absolute Gasteiger partial charge is 0.295 e. The lowest BCUT2D eigenvalue weighted by Crippen LogP contribution is -2.33. The highest BCUT2D eigenvalue weighted by molar-refractivity contribution is 6.46. The van der Waals surface area contributed by atoms with E-state index in [1.54, 1.807) is 30.3 Å². The topological polar surface area (TPSA) is 96.3 Å². The zero-order valence-corrected chi connectivity index (χ0v) is 18.0. The van der Waals surface area contributed by atoms with Gasteiger partial charge in [0.05, 0.1) is 31.4 Å². The monoisotopic (exact) mass is 437 g/mol. The molecule has 1 heterocycles. The maximum absolute atomic E-state index is 13.0. The quantitative estimate of drug-likeness (QED) is 0.195. The number of aliphatic hydroxyl groups excluding tert-OH is 2. The van der Waals surface area contributed by atoms with Gasteiger partial charge in [-0.05, 0) is 36.8 Å². The lowest BCUT2D eigenvalue weighted by molar-refractivity contribution is -0.140. The minimum atomic E-state index is -0.748. The molecule has 168 valence electrons. The molecule has 0 bridgehead atoms. The van der Waals surface area contributed by atoms with Gasteiger partial charge in [-0.3, -0.25) is 9.59 Å². The SMILES string of the molecule is C=CCOc1ccc(/C(O)=C2/C(=O)C(=O)N(CCOCCO)C2c2ccc(C)cc2)cc1. The molecule has 2 aromatic carbocycles. The van der Waals surface area contributed by atoms with Crippen LogP contribution in [0.15, 0.2) is 66.8 Å². The summed E-state index contributed by atoms with van der Waals surface area (Å²) in [5.41, 5.74) is 2.18. The number of likely N-dealkylation sites (tertiary alicyclic amines) is 1. The molecule has 0 aromatic heterocycles. The number of ketones is 1. The first-order chi connectivity index (χ1) is 15.5. The molecule has 1 amide bonds. The minimum Gasteiger partial charge on any atom is -0.507 e. The fraction of sp³-hybridized carbons (Fsp3) is 0.280. The van der Waals surface area contributed by atoms with Crippen LogP contribution in [0, 0.1) is 6.92 Å². The molecule has 7 nitrogen and oxygen atoms in total. The largest absolute Gasteiger partial charge is 0.507 e. The molecule has 0 spiro atoms. The number of aryl methyl sites for hydroxylation is 1. The van der Waals surface area contributed by atoms with Crippen LogP contribution in [0.3, 0.4) is 0 Å². The third-order valence-electron chi connectivity index (χ3n) is 5.14. The van der Waals surface area contributed by atoms with E-state index in [0.717, 1.165) is 5.56 Å². The van der Waals surface area contributed by atoms with Crippen LogP contribution in [0.4, 0.5) is 0 Å². The van der Waals surface area contributed by atoms with Gasteiger partial charge in [-0.1, -0.05) is 42.5 Å². The highest BCUT2D eigenvalue weighted by Crippen LogP contribution is 2.39. The van der Waals surface area contributed by atoms with E-state index in [1.165, 1.54) is 4.90 Å². The number of ether oxygens (including phenoxy) is 2. The van der Waals surface area contributed by atoms with E-state index in [9.17, 15) is 14.7 Å². The van der Waals surface area contributed by atoms with Gasteiger partial charge in [-0.25, -0.2) is 0 Å². The maximum Gasteiger partial charge on any atom is 0.295 e. The Balaban J connectivity index is 2.00. The molecule has 1 fully saturated rings. The molecule has 0 saturated carbocycles. The Morgan fingerprint density at radius 3 is 2.41 bits per heavy atom. The third kappa shape index (κ3) is 5.07. The lowest BCUT2D eigenvalue weighted by atomic mass is 9.94. The number of rotatable bonds is 10. The predicted octanol–water partition coefficient (Wildman–Crippen LogP) is 2.99. The summed E-state index contributed by atoms with van der Waals surface area (Å²) in [5, 5.41) is 20.0. The molecule has 1 atom stereocenters. The van der Waals surface area contributed by atoms with Gasteiger partial charge in [0.25, 0.3) is 11.7 Å². The Hall–Kier alpha value is -3.42. The summed E-state index contributed by atoms with van der Waals surface area (Å²) < 4.78 is 10.8. The van der Waals surface area contributed by atoms with E-state index in [-0.39, 0.29) is 37.7 Å². The highest BCUT2D eigenvalue weighted by atomic mass is 16.5. The number of benzene rings is 2. The normalized spacial score (nSPS) is 17.6. The van der Waals surface area contributed by atoms with Crippen LogP contribution in [0.5, 0.6) is 5.75 Å². The van der Waals surface area contributed by atoms with Crippen LogP contribution in [-0.2, 0) is 14.3 Å². The number of aliphatic hydroxyl groups is 2. The molecule has 1 aliphatic rings. The van der Waals surface area contributed by atoms with Crippen LogP contribution in [0.1, 0.15) is 22.7 Å². The Morgan fingerprint density at radius 2 is 1.78 bits per heavy atom. The summed E-state index contributed by atoms with van der Waals surface area (Å²) in [5.74, 6) is -1.10. The minimum absolute atomic E-state index is 0.0285. The van der Waals surface area contributed by atoms with E-state index in [0.29, 0.717) is 23.5 Å². The van der Waals surface area contributed by atoms with Gasteiger partial charge in [0, 0.05) is 12.1 Å². The number of hydrogen-bond donors (Lipinski definition) is 2. The second kappa shape index (κ2) is 10.7. The first-order valence-corrected chi connectivity index (χ1v) is 10.4. The first kappa shape index (κ1) is 23.2. The molecule has 2 N–H and O–H groups in total. The van der Waals surface area contributed by atoms with Crippen LogP contribution in [0.2, 0.25) is 0 Å². The van der Waals surface area contributed by atoms with Crippen molar-refractivity contribution >= 4 is 17.4 Å². The van der Waals surface area contributed by atoms with E-state index < -0.39 is 17.7 Å². The number of hydrogen-bond acceptors (Lipinski definition) is 6. The van der Waals surface area contributed by atoms with Crippen molar-refractivity contribution in [3.63, 3.8) is 0 Å². The molecule has 1 unspecified atom stereocenters. The van der Waals surface area contributed by atoms with Crippen molar-refractivity contribution in [2.45, 2.75) is 13.0 Å². The van der Waals surface area contributed by atoms with Crippen LogP contribution >= 0.6 is 0 Å². The van der Waals surface area contributed by atoms with Gasteiger partial charge in [0.15, 0.2) is 0 Å². The Labute approximate surface area is 187 Å². The van der Waals surface area contributed by atoms with Crippen LogP contribution in [-0.4, -0.2) is 59.8 Å². The van der Waals surface area contributed by atoms with E-state index >= 15 is 0 Å². The average Bonchev–Trinajstić information content (AvgIpc) is 3.06. The summed E-state index contributed by atoms with van der Waals surface area (Å²) in [6.07, 6.45) is 1.63. The fourth-order valence-electron chi connectivity index (χ4n) is 3.56. The molecule has 0 radical (unpaired) electrons. The van der Waals surface area contributed by atoms with Gasteiger partial charge < -0.3 is 24.6 Å². The van der Waals surface area contributed by atoms with Gasteiger partial charge in [0.1, 0.15) is 18.1 Å². The second-order valence-electron chi connectivity index (χ2n) is 7.36. The van der Waals surface area contributed by atoms with Gasteiger partial charge in [0.2, 0.25) is 0 Å². The zero-order valence-electron chi connectivity index (χ0n) is 18.0. The summed E-state index contributed by atoms with van der Waals surface area (Å²) >= 11 is 0. The van der Waals surface area contributed by atoms with Crippen LogP contribution in [0.25, 0.3) is 5.76 Å². The summed E-state index contributed by atoms with van der Waals surface area (Å²) in [7, 11) is 0. The van der Waals surface area contributed by atoms with E-state index in [4.69, 9.17) is 14.6 Å². The summed E-state index contributed by atoms with van der Waals surface area (Å²) in [6, 6.07) is 13.4. The molecule has 32 heavy (non-hydrogen) atoms. The molecule has 2 aromatic rings. The number of amides is 1. The van der Waals surface area contributed by atoms with Gasteiger partial charge >= 0.3 is 0 Å². The standard InChI is InChI=1S/C25H27NO6/c1-3-14-32-20-10-8-19(9-11-20)23(28)21-22(18-6-4-17(2)5-7-18)26(25(30)24(21)29)12-15-31-16-13-27/h3-11,22,27-28H,1,12-16H2,2H3/b23-21-. The van der Waals surface area contributed by atoms with Crippen LogP contribution < -0.4 is 4.74 Å². The van der Waals surface area contributed by atoms with Crippen molar-refractivity contribution in [2.24, 2.45) is 0 Å². The summed E-state index contributed by atoms with van der Waals surface area (Å²) in [4.78, 5) is 27.2. The number of carbonyl (C=O) groups is 2. The lowest BCUT2D eigenvalue weighted by Gasteiger charge is -2.25. The van der Waals surface area contributed by atoms with E-state index in [1.807, 2.05) is 31.2 Å². The van der Waals surface area contributed by atoms with Crippen molar-refractivity contribution in [3.8, 4) is 5.75 Å². The number of nitrogens with zero attached hydrogens (tertiary/aromatic N) is 1. The fourth-order valence-corrected chi connectivity index (χ4v) is 3.56. The average molecular weight is 437 g/mol. The molecule has 1 aliphatic heterocycles. The third-order valence-corrected chi connectivity index (χ3v) is 5.14. The van der Waals surface area contributed by atoms with Crippen molar-refractivity contribution in [1.82, 2.24) is 4.90 Å². The molecule has 1 saturated heterocycles. The Kier molecular flexibility index (Phi) is 7.81. The summed E-state index contributed by atoms with van der Waals surface area (Å²) in [6.45, 7) is 6.21. The number of carbonyl (C=O) groups excluding carboxylic acids is 2. The van der Waals surface area contributed by atoms with Gasteiger partial charge in [-0.2, -0.15) is 0 Å². The zero-order chi connectivity index (χ0) is 23.1. The number of Topliss-reactive ketones (excluding diaryl/α,β-unsaturated/α-hetero) is 1. The van der Waals surface area contributed by atoms with Gasteiger partial charge in [-0.15, -0.1) is 0 Å². The van der Waals surface area contributed by atoms with Crippen molar-refractivity contribution in [3.05, 3.63) is 83.4 Å². The molecule has 3 rings (SSSR count). The van der Waals surface area contributed by atoms with Crippen molar-refractivity contribution in [2.75, 3.05) is 33.0 Å². The molecular formula is C25H27NO6.